The number of nitrogens with zero attached hydrogens (tertiary/aromatic N) is 1. The van der Waals surface area contributed by atoms with Gasteiger partial charge in [-0.2, -0.15) is 0 Å². The van der Waals surface area contributed by atoms with Crippen LogP contribution in [0.3, 0.4) is 0 Å². The van der Waals surface area contributed by atoms with Gasteiger partial charge in [0.1, 0.15) is 5.82 Å². The molecule has 0 bridgehead atoms. The van der Waals surface area contributed by atoms with Crippen molar-refractivity contribution in [2.24, 2.45) is 5.92 Å². The van der Waals surface area contributed by atoms with Crippen LogP contribution in [0.15, 0.2) is 18.2 Å². The summed E-state index contributed by atoms with van der Waals surface area (Å²) >= 11 is 0. The number of carbonyl (C=O) groups is 2. The summed E-state index contributed by atoms with van der Waals surface area (Å²) < 4.78 is 13.3. The Hall–Kier alpha value is -2.15. The van der Waals surface area contributed by atoms with Crippen LogP contribution in [0.1, 0.15) is 23.7 Å². The van der Waals surface area contributed by atoms with Gasteiger partial charge < -0.3 is 20.4 Å². The molecule has 21 heavy (non-hydrogen) atoms. The van der Waals surface area contributed by atoms with Crippen LogP contribution >= 0.6 is 0 Å². The van der Waals surface area contributed by atoms with Gasteiger partial charge >= 0.3 is 12.0 Å². The highest BCUT2D eigenvalue weighted by Gasteiger charge is 2.33. The van der Waals surface area contributed by atoms with Gasteiger partial charge in [0.05, 0.1) is 18.2 Å². The van der Waals surface area contributed by atoms with Crippen LogP contribution in [0.5, 0.6) is 0 Å². The van der Waals surface area contributed by atoms with Gasteiger partial charge in [-0.25, -0.2) is 14.0 Å². The molecule has 3 N–H and O–H groups in total. The van der Waals surface area contributed by atoms with Gasteiger partial charge in [0.2, 0.25) is 0 Å². The predicted octanol–water partition coefficient (Wildman–Crippen LogP) is 1.76. The van der Waals surface area contributed by atoms with Crippen molar-refractivity contribution in [1.29, 1.82) is 0 Å². The molecule has 1 saturated heterocycles. The van der Waals surface area contributed by atoms with Crippen LogP contribution in [0.4, 0.5) is 14.9 Å². The maximum absolute atomic E-state index is 13.3. The molecule has 2 amide bonds. The molecule has 1 aromatic carbocycles. The summed E-state index contributed by atoms with van der Waals surface area (Å²) in [5, 5.41) is 20.7. The van der Waals surface area contributed by atoms with Crippen molar-refractivity contribution in [2.75, 3.05) is 18.5 Å². The van der Waals surface area contributed by atoms with Gasteiger partial charge in [0.25, 0.3) is 0 Å². The first-order chi connectivity index (χ1) is 9.93. The smallest absolute Gasteiger partial charge is 0.338 e. The number of aliphatic hydroxyl groups is 1. The van der Waals surface area contributed by atoms with Crippen LogP contribution in [0.25, 0.3) is 0 Å². The lowest BCUT2D eigenvalue weighted by Crippen LogP contribution is -2.42. The predicted molar refractivity (Wildman–Crippen MR) is 73.7 cm³/mol. The van der Waals surface area contributed by atoms with E-state index in [1.54, 1.807) is 0 Å². The maximum Gasteiger partial charge on any atom is 0.338 e. The quantitative estimate of drug-likeness (QED) is 0.792. The Labute approximate surface area is 121 Å². The molecule has 7 heteroatoms. The number of aromatic carboxylic acids is 1. The molecule has 1 aliphatic heterocycles. The number of carbonyl (C=O) groups excluding carboxylic acids is 1. The van der Waals surface area contributed by atoms with E-state index in [4.69, 9.17) is 5.11 Å². The number of urea groups is 1. The van der Waals surface area contributed by atoms with Crippen molar-refractivity contribution in [3.8, 4) is 0 Å². The lowest BCUT2D eigenvalue weighted by molar-refractivity contribution is 0.0692. The molecule has 0 aromatic heterocycles. The summed E-state index contributed by atoms with van der Waals surface area (Å²) in [6.45, 7) is 2.35. The summed E-state index contributed by atoms with van der Waals surface area (Å²) in [5.41, 5.74) is -0.295. The van der Waals surface area contributed by atoms with Gasteiger partial charge in [-0.1, -0.05) is 6.92 Å². The molecular weight excluding hydrogens is 279 g/mol. The third-order valence-electron chi connectivity index (χ3n) is 3.78. The average Bonchev–Trinajstić information content (AvgIpc) is 2.81. The Morgan fingerprint density at radius 2 is 2.19 bits per heavy atom. The van der Waals surface area contributed by atoms with Gasteiger partial charge in [0.15, 0.2) is 0 Å². The summed E-state index contributed by atoms with van der Waals surface area (Å²) in [6.07, 6.45) is 0.794. The minimum Gasteiger partial charge on any atom is -0.478 e. The first-order valence-electron chi connectivity index (χ1n) is 6.65. The second-order valence-electron chi connectivity index (χ2n) is 5.14. The Balaban J connectivity index is 2.13. The highest BCUT2D eigenvalue weighted by atomic mass is 19.1. The average molecular weight is 296 g/mol. The first-order valence-corrected chi connectivity index (χ1v) is 6.65. The number of carboxylic acids is 1. The van der Waals surface area contributed by atoms with E-state index in [0.717, 1.165) is 18.6 Å². The SMILES string of the molecule is CC1CCN(C(=O)Nc2ccc(F)c(C(=O)O)c2)C1CO. The molecule has 1 aliphatic rings. The number of anilines is 1. The minimum atomic E-state index is -1.40. The second-order valence-corrected chi connectivity index (χ2v) is 5.14. The molecule has 0 aliphatic carbocycles. The third kappa shape index (κ3) is 3.13. The number of halogens is 1. The van der Waals surface area contributed by atoms with Gasteiger partial charge in [-0.05, 0) is 30.5 Å². The summed E-state index contributed by atoms with van der Waals surface area (Å²) in [6, 6.07) is 2.68. The van der Waals surface area contributed by atoms with E-state index in [0.29, 0.717) is 6.54 Å². The fourth-order valence-electron chi connectivity index (χ4n) is 2.50. The van der Waals surface area contributed by atoms with Gasteiger partial charge in [-0.15, -0.1) is 0 Å². The third-order valence-corrected chi connectivity index (χ3v) is 3.78. The summed E-state index contributed by atoms with van der Waals surface area (Å²) in [7, 11) is 0. The Kier molecular flexibility index (Phi) is 4.42. The van der Waals surface area contributed by atoms with Crippen molar-refractivity contribution in [1.82, 2.24) is 4.90 Å². The van der Waals surface area contributed by atoms with E-state index in [2.05, 4.69) is 5.32 Å². The number of likely N-dealkylation sites (tertiary alicyclic amines) is 1. The monoisotopic (exact) mass is 296 g/mol. The van der Waals surface area contributed by atoms with Crippen molar-refractivity contribution < 1.29 is 24.2 Å². The van der Waals surface area contributed by atoms with Crippen molar-refractivity contribution in [3.63, 3.8) is 0 Å². The lowest BCUT2D eigenvalue weighted by atomic mass is 10.0. The van der Waals surface area contributed by atoms with Crippen LogP contribution in [0, 0.1) is 11.7 Å². The Morgan fingerprint density at radius 1 is 1.48 bits per heavy atom. The molecule has 0 spiro atoms. The number of aliphatic hydroxyl groups excluding tert-OH is 1. The Bertz CT molecular complexity index is 564. The number of hydrogen-bond acceptors (Lipinski definition) is 3. The van der Waals surface area contributed by atoms with Crippen molar-refractivity contribution >= 4 is 17.7 Å². The van der Waals surface area contributed by atoms with Crippen LogP contribution in [0.2, 0.25) is 0 Å². The van der Waals surface area contributed by atoms with E-state index < -0.39 is 23.4 Å². The standard InChI is InChI=1S/C14H17FN2O4/c1-8-4-5-17(12(8)7-18)14(21)16-9-2-3-11(15)10(6-9)13(19)20/h2-3,6,8,12,18H,4-5,7H2,1H3,(H,16,21)(H,19,20). The highest BCUT2D eigenvalue weighted by molar-refractivity contribution is 5.93. The maximum atomic E-state index is 13.3. The van der Waals surface area contributed by atoms with Gasteiger partial charge in [-0.3, -0.25) is 0 Å². The topological polar surface area (TPSA) is 89.9 Å². The van der Waals surface area contributed by atoms with E-state index in [9.17, 15) is 19.1 Å². The molecule has 2 unspecified atom stereocenters. The molecule has 1 aromatic rings. The second kappa shape index (κ2) is 6.09. The number of benzene rings is 1. The van der Waals surface area contributed by atoms with Gasteiger partial charge in [0, 0.05) is 12.2 Å². The fourth-order valence-corrected chi connectivity index (χ4v) is 2.50. The van der Waals surface area contributed by atoms with E-state index in [1.807, 2.05) is 6.92 Å². The lowest BCUT2D eigenvalue weighted by Gasteiger charge is -2.25. The van der Waals surface area contributed by atoms with E-state index >= 15 is 0 Å². The number of rotatable bonds is 3. The van der Waals surface area contributed by atoms with Crippen molar-refractivity contribution in [3.05, 3.63) is 29.6 Å². The molecule has 2 atom stereocenters. The fraction of sp³-hybridized carbons (Fsp3) is 0.429. The molecule has 0 radical (unpaired) electrons. The van der Waals surface area contributed by atoms with Crippen molar-refractivity contribution in [2.45, 2.75) is 19.4 Å². The minimum absolute atomic E-state index is 0.127. The molecule has 1 fully saturated rings. The van der Waals surface area contributed by atoms with Crippen LogP contribution in [-0.2, 0) is 0 Å². The molecular formula is C14H17FN2O4. The van der Waals surface area contributed by atoms with E-state index in [1.165, 1.54) is 11.0 Å². The van der Waals surface area contributed by atoms with E-state index in [-0.39, 0.29) is 24.3 Å². The molecule has 1 heterocycles. The number of amides is 2. The normalized spacial score (nSPS) is 21.4. The molecule has 0 saturated carbocycles. The van der Waals surface area contributed by atoms with Crippen LogP contribution < -0.4 is 5.32 Å². The largest absolute Gasteiger partial charge is 0.478 e. The molecule has 2 rings (SSSR count). The number of hydrogen-bond donors (Lipinski definition) is 3. The summed E-state index contributed by atoms with van der Waals surface area (Å²) in [4.78, 5) is 24.5. The van der Waals surface area contributed by atoms with Crippen LogP contribution in [-0.4, -0.2) is 46.3 Å². The molecule has 114 valence electrons. The highest BCUT2D eigenvalue weighted by Crippen LogP contribution is 2.24. The zero-order valence-electron chi connectivity index (χ0n) is 11.5. The molecule has 6 nitrogen and oxygen atoms in total. The Morgan fingerprint density at radius 3 is 2.81 bits per heavy atom. The first kappa shape index (κ1) is 15.2. The number of carboxylic acid groups (broad SMARTS) is 1. The zero-order chi connectivity index (χ0) is 15.6. The number of nitrogens with one attached hydrogen (secondary N) is 1. The summed E-state index contributed by atoms with van der Waals surface area (Å²) in [5.74, 6) is -2.06. The zero-order valence-corrected chi connectivity index (χ0v) is 11.5.